The van der Waals surface area contributed by atoms with Gasteiger partial charge in [-0.05, 0) is 17.7 Å². The number of aliphatic hydroxyl groups is 1. The topological polar surface area (TPSA) is 93.2 Å². The molecule has 0 atom stereocenters. The van der Waals surface area contributed by atoms with Crippen LogP contribution in [0, 0.1) is 10.1 Å². The molecule has 0 aliphatic carbocycles. The van der Waals surface area contributed by atoms with Gasteiger partial charge in [0.2, 0.25) is 5.95 Å². The molecular formula is C16H16N4O3. The summed E-state index contributed by atoms with van der Waals surface area (Å²) in [6.07, 6.45) is 0. The van der Waals surface area contributed by atoms with Gasteiger partial charge in [-0.25, -0.2) is 4.98 Å². The van der Waals surface area contributed by atoms with Crippen molar-refractivity contribution in [2.45, 2.75) is 6.54 Å². The van der Waals surface area contributed by atoms with Crippen molar-refractivity contribution in [3.8, 4) is 0 Å². The van der Waals surface area contributed by atoms with Gasteiger partial charge < -0.3 is 15.0 Å². The molecule has 0 unspecified atom stereocenters. The summed E-state index contributed by atoms with van der Waals surface area (Å²) in [4.78, 5) is 15.0. The zero-order valence-electron chi connectivity index (χ0n) is 12.3. The number of aromatic nitrogens is 2. The van der Waals surface area contributed by atoms with Crippen LogP contribution < -0.4 is 5.32 Å². The molecule has 7 heteroatoms. The van der Waals surface area contributed by atoms with Crippen molar-refractivity contribution in [3.63, 3.8) is 0 Å². The van der Waals surface area contributed by atoms with Crippen LogP contribution in [0.15, 0.2) is 48.5 Å². The van der Waals surface area contributed by atoms with Crippen LogP contribution in [0.2, 0.25) is 0 Å². The van der Waals surface area contributed by atoms with E-state index < -0.39 is 4.92 Å². The van der Waals surface area contributed by atoms with E-state index in [4.69, 9.17) is 5.11 Å². The second-order valence-corrected chi connectivity index (χ2v) is 5.09. The van der Waals surface area contributed by atoms with Crippen LogP contribution in [-0.4, -0.2) is 32.7 Å². The third kappa shape index (κ3) is 3.14. The molecular weight excluding hydrogens is 296 g/mol. The van der Waals surface area contributed by atoms with Crippen molar-refractivity contribution in [3.05, 3.63) is 64.2 Å². The number of non-ortho nitro benzene ring substituents is 1. The molecule has 0 aliphatic heterocycles. The van der Waals surface area contributed by atoms with Crippen LogP contribution in [0.1, 0.15) is 5.56 Å². The van der Waals surface area contributed by atoms with Crippen LogP contribution in [-0.2, 0) is 6.54 Å². The molecule has 2 aromatic carbocycles. The van der Waals surface area contributed by atoms with Crippen molar-refractivity contribution < 1.29 is 10.0 Å². The normalized spacial score (nSPS) is 10.8. The Labute approximate surface area is 132 Å². The van der Waals surface area contributed by atoms with Gasteiger partial charge in [-0.1, -0.05) is 24.3 Å². The smallest absolute Gasteiger partial charge is 0.269 e. The lowest BCUT2D eigenvalue weighted by Gasteiger charge is -2.10. The fourth-order valence-electron chi connectivity index (χ4n) is 2.49. The molecule has 3 aromatic rings. The second kappa shape index (κ2) is 6.45. The number of fused-ring (bicyclic) bond motifs is 1. The summed E-state index contributed by atoms with van der Waals surface area (Å²) >= 11 is 0. The molecule has 23 heavy (non-hydrogen) atoms. The average molecular weight is 312 g/mol. The summed E-state index contributed by atoms with van der Waals surface area (Å²) in [5.41, 5.74) is 2.64. The van der Waals surface area contributed by atoms with Crippen LogP contribution in [0.3, 0.4) is 0 Å². The fraction of sp³-hybridized carbons (Fsp3) is 0.188. The number of hydrogen-bond acceptors (Lipinski definition) is 5. The lowest BCUT2D eigenvalue weighted by molar-refractivity contribution is -0.384. The third-order valence-electron chi connectivity index (χ3n) is 3.51. The molecule has 0 amide bonds. The summed E-state index contributed by atoms with van der Waals surface area (Å²) in [7, 11) is 0. The van der Waals surface area contributed by atoms with Crippen molar-refractivity contribution in [2.24, 2.45) is 0 Å². The molecule has 0 fully saturated rings. The second-order valence-electron chi connectivity index (χ2n) is 5.09. The van der Waals surface area contributed by atoms with E-state index in [1.807, 2.05) is 34.9 Å². The molecule has 118 valence electrons. The number of anilines is 1. The lowest BCUT2D eigenvalue weighted by atomic mass is 10.2. The maximum absolute atomic E-state index is 10.9. The highest BCUT2D eigenvalue weighted by molar-refractivity contribution is 5.78. The minimum absolute atomic E-state index is 0.0000139. The highest BCUT2D eigenvalue weighted by Gasteiger charge is 2.12. The molecule has 0 aliphatic rings. The lowest BCUT2D eigenvalue weighted by Crippen LogP contribution is -2.12. The number of nitro groups is 1. The number of nitrogens with zero attached hydrogens (tertiary/aromatic N) is 3. The highest BCUT2D eigenvalue weighted by Crippen LogP contribution is 2.22. The fourth-order valence-corrected chi connectivity index (χ4v) is 2.49. The Kier molecular flexibility index (Phi) is 4.20. The van der Waals surface area contributed by atoms with Gasteiger partial charge >= 0.3 is 0 Å². The molecule has 0 bridgehead atoms. The largest absolute Gasteiger partial charge is 0.395 e. The molecule has 0 radical (unpaired) electrons. The van der Waals surface area contributed by atoms with E-state index in [-0.39, 0.29) is 12.3 Å². The Hall–Kier alpha value is -2.93. The molecule has 2 N–H and O–H groups in total. The Balaban J connectivity index is 2.00. The number of nitrogens with one attached hydrogen (secondary N) is 1. The van der Waals surface area contributed by atoms with Crippen LogP contribution in [0.4, 0.5) is 11.6 Å². The van der Waals surface area contributed by atoms with Gasteiger partial charge in [0.15, 0.2) is 0 Å². The van der Waals surface area contributed by atoms with Gasteiger partial charge in [-0.15, -0.1) is 0 Å². The van der Waals surface area contributed by atoms with E-state index in [2.05, 4.69) is 10.3 Å². The first-order valence-electron chi connectivity index (χ1n) is 7.22. The first kappa shape index (κ1) is 15.0. The number of hydrogen-bond donors (Lipinski definition) is 2. The SMILES string of the molecule is O=[N+]([O-])c1cccc(Cn2c(NCCO)nc3ccccc32)c1. The Morgan fingerprint density at radius 1 is 1.22 bits per heavy atom. The molecule has 3 rings (SSSR count). The maximum Gasteiger partial charge on any atom is 0.269 e. The van der Waals surface area contributed by atoms with Gasteiger partial charge in [0.25, 0.3) is 5.69 Å². The van der Waals surface area contributed by atoms with E-state index in [0.717, 1.165) is 16.6 Å². The average Bonchev–Trinajstić information content (AvgIpc) is 2.91. The van der Waals surface area contributed by atoms with Crippen molar-refractivity contribution in [1.82, 2.24) is 9.55 Å². The van der Waals surface area contributed by atoms with E-state index in [1.54, 1.807) is 12.1 Å². The van der Waals surface area contributed by atoms with Gasteiger partial charge in [-0.3, -0.25) is 10.1 Å². The van der Waals surface area contributed by atoms with Crippen molar-refractivity contribution in [2.75, 3.05) is 18.5 Å². The molecule has 0 spiro atoms. The Bertz CT molecular complexity index is 844. The van der Waals surface area contributed by atoms with Gasteiger partial charge in [0, 0.05) is 18.7 Å². The number of nitro benzene ring substituents is 1. The summed E-state index contributed by atoms with van der Waals surface area (Å²) in [6, 6.07) is 14.2. The first-order valence-corrected chi connectivity index (χ1v) is 7.22. The minimum atomic E-state index is -0.402. The number of aliphatic hydroxyl groups excluding tert-OH is 1. The number of benzene rings is 2. The monoisotopic (exact) mass is 312 g/mol. The quantitative estimate of drug-likeness (QED) is 0.538. The number of para-hydroxylation sites is 2. The van der Waals surface area contributed by atoms with E-state index in [0.29, 0.717) is 19.0 Å². The molecule has 0 saturated carbocycles. The van der Waals surface area contributed by atoms with Gasteiger partial charge in [-0.2, -0.15) is 0 Å². The van der Waals surface area contributed by atoms with E-state index in [1.165, 1.54) is 6.07 Å². The Morgan fingerprint density at radius 3 is 2.83 bits per heavy atom. The summed E-state index contributed by atoms with van der Waals surface area (Å²) in [6.45, 7) is 0.841. The van der Waals surface area contributed by atoms with E-state index in [9.17, 15) is 10.1 Å². The minimum Gasteiger partial charge on any atom is -0.395 e. The molecule has 7 nitrogen and oxygen atoms in total. The number of rotatable bonds is 6. The van der Waals surface area contributed by atoms with Crippen LogP contribution >= 0.6 is 0 Å². The summed E-state index contributed by atoms with van der Waals surface area (Å²) < 4.78 is 1.95. The number of imidazole rings is 1. The van der Waals surface area contributed by atoms with Gasteiger partial charge in [0.05, 0.1) is 29.1 Å². The zero-order chi connectivity index (χ0) is 16.2. The molecule has 1 aromatic heterocycles. The van der Waals surface area contributed by atoms with Crippen molar-refractivity contribution >= 4 is 22.7 Å². The van der Waals surface area contributed by atoms with Crippen molar-refractivity contribution in [1.29, 1.82) is 0 Å². The van der Waals surface area contributed by atoms with Crippen LogP contribution in [0.25, 0.3) is 11.0 Å². The third-order valence-corrected chi connectivity index (χ3v) is 3.51. The summed E-state index contributed by atoms with van der Waals surface area (Å²) in [5, 5.41) is 23.0. The summed E-state index contributed by atoms with van der Waals surface area (Å²) in [5.74, 6) is 0.631. The molecule has 0 saturated heterocycles. The van der Waals surface area contributed by atoms with Gasteiger partial charge in [0.1, 0.15) is 0 Å². The standard InChI is InChI=1S/C16H16N4O3/c21-9-8-17-16-18-14-6-1-2-7-15(14)19(16)11-12-4-3-5-13(10-12)20(22)23/h1-7,10,21H,8-9,11H2,(H,17,18). The predicted molar refractivity (Wildman–Crippen MR) is 87.5 cm³/mol. The molecule has 1 heterocycles. The highest BCUT2D eigenvalue weighted by atomic mass is 16.6. The van der Waals surface area contributed by atoms with E-state index >= 15 is 0 Å². The van der Waals surface area contributed by atoms with Crippen LogP contribution in [0.5, 0.6) is 0 Å². The predicted octanol–water partition coefficient (Wildman–Crippen LogP) is 2.40. The maximum atomic E-state index is 10.9. The zero-order valence-corrected chi connectivity index (χ0v) is 12.3. The first-order chi connectivity index (χ1) is 11.2. The Morgan fingerprint density at radius 2 is 2.04 bits per heavy atom.